The number of carbonyl (C=O) groups excluding carboxylic acids is 1. The molecule has 2 aromatic rings. The topological polar surface area (TPSA) is 62.8 Å². The molecule has 5 heteroatoms. The van der Waals surface area contributed by atoms with E-state index in [-0.39, 0.29) is 5.56 Å². The van der Waals surface area contributed by atoms with Crippen LogP contribution in [0.3, 0.4) is 0 Å². The van der Waals surface area contributed by atoms with Crippen LogP contribution in [-0.2, 0) is 0 Å². The van der Waals surface area contributed by atoms with E-state index in [0.29, 0.717) is 16.4 Å². The van der Waals surface area contributed by atoms with Gasteiger partial charge in [-0.3, -0.25) is 9.59 Å². The predicted octanol–water partition coefficient (Wildman–Crippen LogP) is 2.35. The number of benzene rings is 1. The van der Waals surface area contributed by atoms with Crippen molar-refractivity contribution < 1.29 is 4.79 Å². The fourth-order valence-corrected chi connectivity index (χ4v) is 2.47. The van der Waals surface area contributed by atoms with Crippen LogP contribution in [0.5, 0.6) is 0 Å². The molecule has 0 amide bonds. The van der Waals surface area contributed by atoms with Gasteiger partial charge in [0.15, 0.2) is 5.16 Å². The van der Waals surface area contributed by atoms with Crippen LogP contribution in [0.4, 0.5) is 0 Å². The van der Waals surface area contributed by atoms with Gasteiger partial charge in [0.05, 0.1) is 0 Å². The highest BCUT2D eigenvalue weighted by atomic mass is 32.2. The summed E-state index contributed by atoms with van der Waals surface area (Å²) in [6.07, 6.45) is 0.814. The zero-order chi connectivity index (χ0) is 13.1. The van der Waals surface area contributed by atoms with Gasteiger partial charge < -0.3 is 4.98 Å². The molecule has 0 spiro atoms. The summed E-state index contributed by atoms with van der Waals surface area (Å²) in [6.45, 7) is 3.70. The largest absolute Gasteiger partial charge is 0.301 e. The molecule has 1 heterocycles. The van der Waals surface area contributed by atoms with Crippen LogP contribution in [0, 0.1) is 13.8 Å². The normalized spacial score (nSPS) is 10.3. The lowest BCUT2D eigenvalue weighted by Gasteiger charge is -2.05. The Balaban J connectivity index is 2.33. The quantitative estimate of drug-likeness (QED) is 0.679. The summed E-state index contributed by atoms with van der Waals surface area (Å²) in [5, 5.41) is 0.557. The SMILES string of the molecule is Cc1cc(=O)[nH]c(Sc2ccc(C=O)cc2C)n1. The number of hydrogen-bond acceptors (Lipinski definition) is 4. The third kappa shape index (κ3) is 2.87. The van der Waals surface area contributed by atoms with E-state index in [0.717, 1.165) is 16.7 Å². The molecule has 1 aromatic heterocycles. The lowest BCUT2D eigenvalue weighted by Crippen LogP contribution is -2.07. The van der Waals surface area contributed by atoms with E-state index >= 15 is 0 Å². The van der Waals surface area contributed by atoms with E-state index in [1.165, 1.54) is 17.8 Å². The first kappa shape index (κ1) is 12.6. The van der Waals surface area contributed by atoms with Gasteiger partial charge in [0.25, 0.3) is 5.56 Å². The predicted molar refractivity (Wildman–Crippen MR) is 70.3 cm³/mol. The van der Waals surface area contributed by atoms with Crippen molar-refractivity contribution in [3.8, 4) is 0 Å². The number of nitrogens with zero attached hydrogens (tertiary/aromatic N) is 1. The van der Waals surface area contributed by atoms with Gasteiger partial charge in [-0.2, -0.15) is 0 Å². The average Bonchev–Trinajstić information content (AvgIpc) is 2.30. The van der Waals surface area contributed by atoms with Crippen molar-refractivity contribution in [2.45, 2.75) is 23.9 Å². The molecule has 18 heavy (non-hydrogen) atoms. The van der Waals surface area contributed by atoms with Gasteiger partial charge in [0.1, 0.15) is 6.29 Å². The Kier molecular flexibility index (Phi) is 3.62. The Morgan fingerprint density at radius 3 is 2.67 bits per heavy atom. The summed E-state index contributed by atoms with van der Waals surface area (Å²) in [5.74, 6) is 0. The number of H-pyrrole nitrogens is 1. The maximum absolute atomic E-state index is 11.3. The number of rotatable bonds is 3. The van der Waals surface area contributed by atoms with Gasteiger partial charge in [-0.15, -0.1) is 0 Å². The molecule has 0 fully saturated rings. The van der Waals surface area contributed by atoms with Crippen molar-refractivity contribution in [3.05, 3.63) is 51.4 Å². The Hall–Kier alpha value is -1.88. The maximum Gasteiger partial charge on any atom is 0.251 e. The molecule has 0 atom stereocenters. The van der Waals surface area contributed by atoms with Crippen molar-refractivity contribution in [1.29, 1.82) is 0 Å². The molecule has 0 radical (unpaired) electrons. The number of aryl methyl sites for hydroxylation is 2. The fourth-order valence-electron chi connectivity index (χ4n) is 1.56. The van der Waals surface area contributed by atoms with Crippen molar-refractivity contribution in [1.82, 2.24) is 9.97 Å². The van der Waals surface area contributed by atoms with E-state index in [1.807, 2.05) is 19.1 Å². The second-order valence-electron chi connectivity index (χ2n) is 3.94. The number of aldehydes is 1. The summed E-state index contributed by atoms with van der Waals surface area (Å²) in [6, 6.07) is 6.86. The van der Waals surface area contributed by atoms with Crippen molar-refractivity contribution in [3.63, 3.8) is 0 Å². The standard InChI is InChI=1S/C13H12N2O2S/c1-8-5-10(7-16)3-4-11(8)18-13-14-9(2)6-12(17)15-13/h3-7H,1-2H3,(H,14,15,17). The molecule has 4 nitrogen and oxygen atoms in total. The summed E-state index contributed by atoms with van der Waals surface area (Å²) >= 11 is 1.38. The van der Waals surface area contributed by atoms with Crippen LogP contribution >= 0.6 is 11.8 Å². The summed E-state index contributed by atoms with van der Waals surface area (Å²) < 4.78 is 0. The van der Waals surface area contributed by atoms with Gasteiger partial charge in [0.2, 0.25) is 0 Å². The molecule has 2 rings (SSSR count). The zero-order valence-electron chi connectivity index (χ0n) is 10.1. The minimum absolute atomic E-state index is 0.160. The highest BCUT2D eigenvalue weighted by Crippen LogP contribution is 2.27. The number of aromatic nitrogens is 2. The molecule has 0 aliphatic heterocycles. The van der Waals surface area contributed by atoms with E-state index in [9.17, 15) is 9.59 Å². The first-order chi connectivity index (χ1) is 8.58. The van der Waals surface area contributed by atoms with Crippen molar-refractivity contribution in [2.75, 3.05) is 0 Å². The number of carbonyl (C=O) groups is 1. The van der Waals surface area contributed by atoms with Gasteiger partial charge in [-0.1, -0.05) is 17.8 Å². The summed E-state index contributed by atoms with van der Waals surface area (Å²) in [4.78, 5) is 29.9. The highest BCUT2D eigenvalue weighted by Gasteiger charge is 2.05. The minimum atomic E-state index is -0.160. The van der Waals surface area contributed by atoms with Crippen LogP contribution in [0.15, 0.2) is 39.1 Å². The molecule has 0 unspecified atom stereocenters. The molecule has 0 saturated heterocycles. The highest BCUT2D eigenvalue weighted by molar-refractivity contribution is 7.99. The lowest BCUT2D eigenvalue weighted by molar-refractivity contribution is 0.112. The number of aromatic amines is 1. The molecular formula is C13H12N2O2S. The Bertz CT molecular complexity index is 650. The van der Waals surface area contributed by atoms with E-state index < -0.39 is 0 Å². The molecule has 0 bridgehead atoms. The molecule has 0 saturated carbocycles. The van der Waals surface area contributed by atoms with Gasteiger partial charge in [-0.05, 0) is 31.5 Å². The molecule has 0 aliphatic rings. The maximum atomic E-state index is 11.3. The van der Waals surface area contributed by atoms with Crippen LogP contribution in [0.25, 0.3) is 0 Å². The second kappa shape index (κ2) is 5.18. The van der Waals surface area contributed by atoms with E-state index in [4.69, 9.17) is 0 Å². The molecule has 0 aliphatic carbocycles. The summed E-state index contributed by atoms with van der Waals surface area (Å²) in [7, 11) is 0. The van der Waals surface area contributed by atoms with Crippen LogP contribution in [-0.4, -0.2) is 16.3 Å². The Morgan fingerprint density at radius 2 is 2.06 bits per heavy atom. The van der Waals surface area contributed by atoms with Crippen LogP contribution < -0.4 is 5.56 Å². The van der Waals surface area contributed by atoms with E-state index in [2.05, 4.69) is 9.97 Å². The van der Waals surface area contributed by atoms with Gasteiger partial charge in [0, 0.05) is 22.2 Å². The first-order valence-electron chi connectivity index (χ1n) is 5.40. The first-order valence-corrected chi connectivity index (χ1v) is 6.22. The third-order valence-electron chi connectivity index (χ3n) is 2.39. The van der Waals surface area contributed by atoms with Crippen LogP contribution in [0.1, 0.15) is 21.6 Å². The molecule has 92 valence electrons. The average molecular weight is 260 g/mol. The summed E-state index contributed by atoms with van der Waals surface area (Å²) in [5.41, 5.74) is 2.15. The van der Waals surface area contributed by atoms with Crippen molar-refractivity contribution in [2.24, 2.45) is 0 Å². The van der Waals surface area contributed by atoms with E-state index in [1.54, 1.807) is 13.0 Å². The van der Waals surface area contributed by atoms with Gasteiger partial charge >= 0.3 is 0 Å². The fraction of sp³-hybridized carbons (Fsp3) is 0.154. The van der Waals surface area contributed by atoms with Crippen LogP contribution in [0.2, 0.25) is 0 Å². The van der Waals surface area contributed by atoms with Gasteiger partial charge in [-0.25, -0.2) is 4.98 Å². The molecule has 1 aromatic carbocycles. The lowest BCUT2D eigenvalue weighted by atomic mass is 10.2. The monoisotopic (exact) mass is 260 g/mol. The Morgan fingerprint density at radius 1 is 1.28 bits per heavy atom. The Labute approximate surface area is 108 Å². The molecule has 1 N–H and O–H groups in total. The zero-order valence-corrected chi connectivity index (χ0v) is 10.9. The smallest absolute Gasteiger partial charge is 0.251 e. The third-order valence-corrected chi connectivity index (χ3v) is 3.45. The number of nitrogens with one attached hydrogen (secondary N) is 1. The number of hydrogen-bond donors (Lipinski definition) is 1. The molecular weight excluding hydrogens is 248 g/mol. The minimum Gasteiger partial charge on any atom is -0.301 e. The second-order valence-corrected chi connectivity index (χ2v) is 4.97. The van der Waals surface area contributed by atoms with Crippen molar-refractivity contribution >= 4 is 18.0 Å².